The van der Waals surface area contributed by atoms with Gasteiger partial charge < -0.3 is 14.9 Å². The summed E-state index contributed by atoms with van der Waals surface area (Å²) in [6.07, 6.45) is 0.737. The van der Waals surface area contributed by atoms with E-state index < -0.39 is 17.7 Å². The number of aryl methyl sites for hydroxylation is 1. The number of aliphatic hydroxyl groups excluding tert-OH is 1. The van der Waals surface area contributed by atoms with Gasteiger partial charge in [-0.25, -0.2) is 0 Å². The third kappa shape index (κ3) is 4.60. The summed E-state index contributed by atoms with van der Waals surface area (Å²) in [5.74, 6) is -1.34. The molecule has 1 N–H and O–H groups in total. The summed E-state index contributed by atoms with van der Waals surface area (Å²) < 4.78 is 0.869. The zero-order valence-corrected chi connectivity index (χ0v) is 18.4. The van der Waals surface area contributed by atoms with Crippen LogP contribution in [0.2, 0.25) is 0 Å². The summed E-state index contributed by atoms with van der Waals surface area (Å²) >= 11 is 3.37. The normalized spacial score (nSPS) is 18.7. The minimum absolute atomic E-state index is 0.142. The van der Waals surface area contributed by atoms with Crippen LogP contribution in [0.5, 0.6) is 0 Å². The number of hydrogen-bond acceptors (Lipinski definition) is 4. The Morgan fingerprint density at radius 1 is 1.07 bits per heavy atom. The molecule has 152 valence electrons. The van der Waals surface area contributed by atoms with Crippen molar-refractivity contribution in [3.8, 4) is 0 Å². The maximum Gasteiger partial charge on any atom is 0.295 e. The second kappa shape index (κ2) is 8.93. The van der Waals surface area contributed by atoms with Crippen LogP contribution in [0.15, 0.2) is 58.6 Å². The van der Waals surface area contributed by atoms with Gasteiger partial charge in [0.05, 0.1) is 11.6 Å². The SMILES string of the molecule is Cc1ccc(C2/C(=C(/O)c3ccc(Br)cc3)C(=O)C(=O)N2CCCN(C)C)cc1. The maximum atomic E-state index is 12.9. The molecule has 0 spiro atoms. The summed E-state index contributed by atoms with van der Waals surface area (Å²) in [5.41, 5.74) is 2.56. The van der Waals surface area contributed by atoms with Gasteiger partial charge >= 0.3 is 0 Å². The van der Waals surface area contributed by atoms with Crippen LogP contribution in [0.1, 0.15) is 29.2 Å². The third-order valence-electron chi connectivity index (χ3n) is 5.06. The second-order valence-electron chi connectivity index (χ2n) is 7.57. The number of Topliss-reactive ketones (excluding diaryl/α,β-unsaturated/α-hetero) is 1. The van der Waals surface area contributed by atoms with Crippen molar-refractivity contribution in [3.63, 3.8) is 0 Å². The lowest BCUT2D eigenvalue weighted by Crippen LogP contribution is -2.32. The van der Waals surface area contributed by atoms with Gasteiger partial charge in [-0.1, -0.05) is 57.9 Å². The van der Waals surface area contributed by atoms with Crippen LogP contribution in [0.25, 0.3) is 5.76 Å². The standard InChI is InChI=1S/C23H25BrN2O3/c1-15-5-7-16(8-6-15)20-19(21(27)17-9-11-18(24)12-10-17)22(28)23(29)26(20)14-4-13-25(2)3/h5-12,20,27H,4,13-14H2,1-3H3/b21-19-. The summed E-state index contributed by atoms with van der Waals surface area (Å²) in [4.78, 5) is 29.4. The lowest BCUT2D eigenvalue weighted by atomic mass is 9.94. The first kappa shape index (κ1) is 21.3. The predicted octanol–water partition coefficient (Wildman–Crippen LogP) is 4.13. The molecule has 0 bridgehead atoms. The molecule has 1 fully saturated rings. The van der Waals surface area contributed by atoms with Gasteiger partial charge in [-0.15, -0.1) is 0 Å². The fourth-order valence-corrected chi connectivity index (χ4v) is 3.79. The van der Waals surface area contributed by atoms with Gasteiger partial charge in [-0.05, 0) is 51.7 Å². The quantitative estimate of drug-likeness (QED) is 0.403. The van der Waals surface area contributed by atoms with Crippen molar-refractivity contribution in [1.29, 1.82) is 0 Å². The number of halogens is 1. The zero-order chi connectivity index (χ0) is 21.1. The molecule has 5 nitrogen and oxygen atoms in total. The van der Waals surface area contributed by atoms with E-state index in [0.29, 0.717) is 12.1 Å². The number of rotatable bonds is 6. The van der Waals surface area contributed by atoms with Crippen LogP contribution in [-0.2, 0) is 9.59 Å². The van der Waals surface area contributed by atoms with Crippen molar-refractivity contribution in [3.05, 3.63) is 75.3 Å². The number of nitrogens with zero attached hydrogens (tertiary/aromatic N) is 2. The summed E-state index contributed by atoms with van der Waals surface area (Å²) in [7, 11) is 3.94. The Bertz CT molecular complexity index is 934. The third-order valence-corrected chi connectivity index (χ3v) is 5.58. The molecule has 0 saturated carbocycles. The molecule has 1 amide bonds. The highest BCUT2D eigenvalue weighted by Gasteiger charge is 2.45. The summed E-state index contributed by atoms with van der Waals surface area (Å²) in [5, 5.41) is 11.0. The van der Waals surface area contributed by atoms with Crippen LogP contribution in [-0.4, -0.2) is 53.8 Å². The number of benzene rings is 2. The minimum atomic E-state index is -0.638. The second-order valence-corrected chi connectivity index (χ2v) is 8.48. The van der Waals surface area contributed by atoms with Crippen LogP contribution in [0.3, 0.4) is 0 Å². The molecule has 1 aliphatic heterocycles. The number of amides is 1. The minimum Gasteiger partial charge on any atom is -0.507 e. The van der Waals surface area contributed by atoms with Crippen molar-refractivity contribution in [1.82, 2.24) is 9.80 Å². The molecule has 0 radical (unpaired) electrons. The van der Waals surface area contributed by atoms with Gasteiger partial charge in [-0.2, -0.15) is 0 Å². The van der Waals surface area contributed by atoms with E-state index in [1.54, 1.807) is 29.2 Å². The van der Waals surface area contributed by atoms with Crippen LogP contribution >= 0.6 is 15.9 Å². The number of hydrogen-bond donors (Lipinski definition) is 1. The highest BCUT2D eigenvalue weighted by atomic mass is 79.9. The Hall–Kier alpha value is -2.44. The van der Waals surface area contributed by atoms with E-state index in [9.17, 15) is 14.7 Å². The Labute approximate surface area is 179 Å². The smallest absolute Gasteiger partial charge is 0.295 e. The largest absolute Gasteiger partial charge is 0.507 e. The fraction of sp³-hybridized carbons (Fsp3) is 0.304. The Morgan fingerprint density at radius 3 is 2.28 bits per heavy atom. The molecule has 3 rings (SSSR count). The molecular weight excluding hydrogens is 432 g/mol. The molecule has 1 aliphatic rings. The molecule has 0 aliphatic carbocycles. The van der Waals surface area contributed by atoms with Gasteiger partial charge in [0.1, 0.15) is 5.76 Å². The van der Waals surface area contributed by atoms with Gasteiger partial charge in [-0.3, -0.25) is 9.59 Å². The van der Waals surface area contributed by atoms with Crippen molar-refractivity contribution in [2.24, 2.45) is 0 Å². The molecule has 1 saturated heterocycles. The lowest BCUT2D eigenvalue weighted by molar-refractivity contribution is -0.139. The van der Waals surface area contributed by atoms with Crippen molar-refractivity contribution in [2.75, 3.05) is 27.2 Å². The van der Waals surface area contributed by atoms with Crippen LogP contribution in [0, 0.1) is 6.92 Å². The van der Waals surface area contributed by atoms with Crippen LogP contribution < -0.4 is 0 Å². The molecule has 6 heteroatoms. The average Bonchev–Trinajstić information content (AvgIpc) is 2.93. The molecule has 1 atom stereocenters. The fourth-order valence-electron chi connectivity index (χ4n) is 3.53. The number of aliphatic hydroxyl groups is 1. The predicted molar refractivity (Wildman–Crippen MR) is 118 cm³/mol. The summed E-state index contributed by atoms with van der Waals surface area (Å²) in [6.45, 7) is 3.23. The highest BCUT2D eigenvalue weighted by Crippen LogP contribution is 2.39. The van der Waals surface area contributed by atoms with E-state index in [2.05, 4.69) is 15.9 Å². The molecule has 1 heterocycles. The first-order valence-electron chi connectivity index (χ1n) is 9.55. The number of carbonyl (C=O) groups is 2. The molecule has 0 aromatic heterocycles. The molecule has 2 aromatic carbocycles. The number of likely N-dealkylation sites (tertiary alicyclic amines) is 1. The van der Waals surface area contributed by atoms with Crippen LogP contribution in [0.4, 0.5) is 0 Å². The van der Waals surface area contributed by atoms with Gasteiger partial charge in [0.25, 0.3) is 11.7 Å². The van der Waals surface area contributed by atoms with Gasteiger partial charge in [0, 0.05) is 16.6 Å². The van der Waals surface area contributed by atoms with E-state index in [-0.39, 0.29) is 11.3 Å². The molecule has 2 aromatic rings. The van der Waals surface area contributed by atoms with Gasteiger partial charge in [0.2, 0.25) is 0 Å². The molecule has 29 heavy (non-hydrogen) atoms. The number of carbonyl (C=O) groups excluding carboxylic acids is 2. The van der Waals surface area contributed by atoms with Crippen molar-refractivity contribution in [2.45, 2.75) is 19.4 Å². The van der Waals surface area contributed by atoms with Crippen molar-refractivity contribution < 1.29 is 14.7 Å². The van der Waals surface area contributed by atoms with E-state index in [1.165, 1.54) is 0 Å². The van der Waals surface area contributed by atoms with Gasteiger partial charge in [0.15, 0.2) is 0 Å². The van der Waals surface area contributed by atoms with E-state index in [1.807, 2.05) is 50.2 Å². The zero-order valence-electron chi connectivity index (χ0n) is 16.9. The lowest BCUT2D eigenvalue weighted by Gasteiger charge is -2.26. The Kier molecular flexibility index (Phi) is 6.55. The number of ketones is 1. The van der Waals surface area contributed by atoms with E-state index in [0.717, 1.165) is 28.6 Å². The van der Waals surface area contributed by atoms with E-state index >= 15 is 0 Å². The maximum absolute atomic E-state index is 12.9. The molecular formula is C23H25BrN2O3. The van der Waals surface area contributed by atoms with Crippen molar-refractivity contribution >= 4 is 33.4 Å². The van der Waals surface area contributed by atoms with E-state index in [4.69, 9.17) is 0 Å². The average molecular weight is 457 g/mol. The Balaban J connectivity index is 2.07. The Morgan fingerprint density at radius 2 is 1.69 bits per heavy atom. The first-order valence-corrected chi connectivity index (χ1v) is 10.3. The topological polar surface area (TPSA) is 60.9 Å². The highest BCUT2D eigenvalue weighted by molar-refractivity contribution is 9.10. The molecule has 1 unspecified atom stereocenters. The summed E-state index contributed by atoms with van der Waals surface area (Å²) in [6, 6.07) is 14.2. The first-order chi connectivity index (χ1) is 13.8. The monoisotopic (exact) mass is 456 g/mol.